The lowest BCUT2D eigenvalue weighted by Gasteiger charge is -2.39. The molecule has 0 aliphatic carbocycles. The third-order valence-electron chi connectivity index (χ3n) is 6.46. The Balaban J connectivity index is 1.35. The van der Waals surface area contributed by atoms with Gasteiger partial charge in [-0.1, -0.05) is 12.1 Å². The van der Waals surface area contributed by atoms with E-state index in [0.717, 1.165) is 50.0 Å². The molecule has 1 aromatic carbocycles. The second-order valence-corrected chi connectivity index (χ2v) is 8.18. The van der Waals surface area contributed by atoms with Crippen molar-refractivity contribution in [2.75, 3.05) is 26.2 Å². The summed E-state index contributed by atoms with van der Waals surface area (Å²) in [6.45, 7) is 5.12. The second kappa shape index (κ2) is 6.76. The van der Waals surface area contributed by atoms with E-state index in [9.17, 15) is 22.8 Å². The molecule has 4 rings (SSSR count). The molecule has 0 unspecified atom stereocenters. The largest absolute Gasteiger partial charge is 0.416 e. The van der Waals surface area contributed by atoms with Gasteiger partial charge in [0.15, 0.2) is 0 Å². The van der Waals surface area contributed by atoms with Gasteiger partial charge in [-0.05, 0) is 62.4 Å². The van der Waals surface area contributed by atoms with Crippen LogP contribution in [0.15, 0.2) is 24.3 Å². The lowest BCUT2D eigenvalue weighted by atomic mass is 9.76. The highest BCUT2D eigenvalue weighted by Gasteiger charge is 2.55. The number of amides is 3. The molecular weight excluding hydrogens is 371 g/mol. The first-order valence-electron chi connectivity index (χ1n) is 9.73. The van der Waals surface area contributed by atoms with Crippen LogP contribution in [0.5, 0.6) is 0 Å². The van der Waals surface area contributed by atoms with Crippen molar-refractivity contribution in [3.63, 3.8) is 0 Å². The minimum atomic E-state index is -4.31. The summed E-state index contributed by atoms with van der Waals surface area (Å²) >= 11 is 0. The van der Waals surface area contributed by atoms with Crippen molar-refractivity contribution in [3.05, 3.63) is 35.4 Å². The molecular formula is C20H24F3N3O2. The van der Waals surface area contributed by atoms with E-state index in [1.54, 1.807) is 4.90 Å². The van der Waals surface area contributed by atoms with Crippen LogP contribution in [0.2, 0.25) is 0 Å². The lowest BCUT2D eigenvalue weighted by Crippen LogP contribution is -2.43. The highest BCUT2D eigenvalue weighted by Crippen LogP contribution is 2.46. The average Bonchev–Trinajstić information content (AvgIpc) is 3.12. The fraction of sp³-hybridized carbons (Fsp3) is 0.600. The van der Waals surface area contributed by atoms with Crippen LogP contribution < -0.4 is 0 Å². The first kappa shape index (κ1) is 19.2. The number of urea groups is 1. The minimum absolute atomic E-state index is 0.00748. The standard InChI is InChI=1S/C20H24F3N3O2/c1-2-25-17(27)16-11-19(13-26(16)18(25)28)7-9-24(10-8-19)12-14-3-5-15(6-4-14)20(21,22)23/h3-6,16H,2,7-13H2,1H3/t16-/m0/s1. The number of imide groups is 1. The van der Waals surface area contributed by atoms with Gasteiger partial charge in [0.2, 0.25) is 0 Å². The van der Waals surface area contributed by atoms with E-state index in [1.807, 2.05) is 6.92 Å². The van der Waals surface area contributed by atoms with Crippen LogP contribution in [-0.2, 0) is 17.5 Å². The number of fused-ring (bicyclic) bond motifs is 1. The van der Waals surface area contributed by atoms with Gasteiger partial charge >= 0.3 is 12.2 Å². The normalized spacial score (nSPS) is 25.1. The molecule has 5 nitrogen and oxygen atoms in total. The summed E-state index contributed by atoms with van der Waals surface area (Å²) in [6, 6.07) is 4.85. The van der Waals surface area contributed by atoms with Crippen LogP contribution >= 0.6 is 0 Å². The van der Waals surface area contributed by atoms with Gasteiger partial charge in [-0.15, -0.1) is 0 Å². The number of likely N-dealkylation sites (N-methyl/N-ethyl adjacent to an activating group) is 1. The summed E-state index contributed by atoms with van der Waals surface area (Å²) < 4.78 is 38.0. The topological polar surface area (TPSA) is 43.9 Å². The van der Waals surface area contributed by atoms with Crippen LogP contribution in [0.4, 0.5) is 18.0 Å². The van der Waals surface area contributed by atoms with Crippen molar-refractivity contribution >= 4 is 11.9 Å². The Kier molecular flexibility index (Phi) is 4.64. The van der Waals surface area contributed by atoms with Crippen molar-refractivity contribution in [3.8, 4) is 0 Å². The number of benzene rings is 1. The van der Waals surface area contributed by atoms with E-state index < -0.39 is 11.7 Å². The predicted molar refractivity (Wildman–Crippen MR) is 96.3 cm³/mol. The molecule has 8 heteroatoms. The van der Waals surface area contributed by atoms with E-state index in [1.165, 1.54) is 17.0 Å². The van der Waals surface area contributed by atoms with Gasteiger partial charge in [0.25, 0.3) is 5.91 Å². The van der Waals surface area contributed by atoms with Gasteiger partial charge in [0, 0.05) is 19.6 Å². The first-order chi connectivity index (χ1) is 13.2. The Labute approximate surface area is 162 Å². The Bertz CT molecular complexity index is 744. The second-order valence-electron chi connectivity index (χ2n) is 8.18. The number of alkyl halides is 3. The number of rotatable bonds is 3. The fourth-order valence-electron chi connectivity index (χ4n) is 4.80. The molecule has 3 saturated heterocycles. The Hall–Kier alpha value is -2.09. The van der Waals surface area contributed by atoms with Crippen molar-refractivity contribution in [1.82, 2.24) is 14.7 Å². The van der Waals surface area contributed by atoms with E-state index in [2.05, 4.69) is 4.90 Å². The number of carbonyl (C=O) groups is 2. The van der Waals surface area contributed by atoms with Crippen LogP contribution in [0.25, 0.3) is 0 Å². The van der Waals surface area contributed by atoms with Gasteiger partial charge in [-0.2, -0.15) is 13.2 Å². The summed E-state index contributed by atoms with van der Waals surface area (Å²) in [6.07, 6.45) is -1.79. The molecule has 28 heavy (non-hydrogen) atoms. The summed E-state index contributed by atoms with van der Waals surface area (Å²) in [7, 11) is 0. The number of nitrogens with zero attached hydrogens (tertiary/aromatic N) is 3. The molecule has 0 saturated carbocycles. The zero-order valence-corrected chi connectivity index (χ0v) is 15.8. The number of hydrogen-bond donors (Lipinski definition) is 0. The zero-order valence-electron chi connectivity index (χ0n) is 15.8. The average molecular weight is 395 g/mol. The molecule has 3 aliphatic rings. The lowest BCUT2D eigenvalue weighted by molar-refractivity contribution is -0.137. The third-order valence-corrected chi connectivity index (χ3v) is 6.46. The zero-order chi connectivity index (χ0) is 20.1. The molecule has 3 aliphatic heterocycles. The van der Waals surface area contributed by atoms with Gasteiger partial charge in [-0.3, -0.25) is 14.6 Å². The number of halogens is 3. The van der Waals surface area contributed by atoms with E-state index in [0.29, 0.717) is 19.6 Å². The van der Waals surface area contributed by atoms with Crippen LogP contribution in [0, 0.1) is 5.41 Å². The highest BCUT2D eigenvalue weighted by atomic mass is 19.4. The molecule has 1 spiro atoms. The quantitative estimate of drug-likeness (QED) is 0.738. The van der Waals surface area contributed by atoms with Crippen molar-refractivity contribution in [2.45, 2.75) is 44.9 Å². The van der Waals surface area contributed by atoms with E-state index >= 15 is 0 Å². The molecule has 1 atom stereocenters. The molecule has 3 heterocycles. The molecule has 0 radical (unpaired) electrons. The molecule has 1 aromatic rings. The van der Waals surface area contributed by atoms with Crippen LogP contribution in [0.3, 0.4) is 0 Å². The number of hydrogen-bond acceptors (Lipinski definition) is 3. The SMILES string of the molecule is CCN1C(=O)[C@@H]2CC3(CCN(Cc4ccc(C(F)(F)F)cc4)CC3)CN2C1=O. The van der Waals surface area contributed by atoms with Gasteiger partial charge in [0.05, 0.1) is 5.56 Å². The number of piperidine rings is 1. The van der Waals surface area contributed by atoms with Gasteiger partial charge in [-0.25, -0.2) is 4.79 Å². The molecule has 0 N–H and O–H groups in total. The maximum Gasteiger partial charge on any atom is 0.416 e. The van der Waals surface area contributed by atoms with E-state index in [4.69, 9.17) is 0 Å². The maximum absolute atomic E-state index is 12.7. The highest BCUT2D eigenvalue weighted by molar-refractivity contribution is 6.04. The van der Waals surface area contributed by atoms with Crippen molar-refractivity contribution < 1.29 is 22.8 Å². The summed E-state index contributed by atoms with van der Waals surface area (Å²) in [5.41, 5.74) is 0.225. The van der Waals surface area contributed by atoms with Crippen LogP contribution in [-0.4, -0.2) is 58.9 Å². The van der Waals surface area contributed by atoms with Gasteiger partial charge < -0.3 is 4.90 Å². The first-order valence-corrected chi connectivity index (χ1v) is 9.73. The maximum atomic E-state index is 12.7. The Morgan fingerprint density at radius 3 is 2.29 bits per heavy atom. The van der Waals surface area contributed by atoms with Gasteiger partial charge in [0.1, 0.15) is 6.04 Å². The smallest absolute Gasteiger partial charge is 0.312 e. The van der Waals surface area contributed by atoms with E-state index in [-0.39, 0.29) is 23.4 Å². The van der Waals surface area contributed by atoms with Crippen molar-refractivity contribution in [1.29, 1.82) is 0 Å². The summed E-state index contributed by atoms with van der Waals surface area (Å²) in [5.74, 6) is -0.0726. The third kappa shape index (κ3) is 3.27. The number of likely N-dealkylation sites (tertiary alicyclic amines) is 1. The Morgan fingerprint density at radius 1 is 1.11 bits per heavy atom. The molecule has 0 aromatic heterocycles. The Morgan fingerprint density at radius 2 is 1.75 bits per heavy atom. The molecule has 3 amide bonds. The fourth-order valence-corrected chi connectivity index (χ4v) is 4.80. The monoisotopic (exact) mass is 395 g/mol. The summed E-state index contributed by atoms with van der Waals surface area (Å²) in [5, 5.41) is 0. The predicted octanol–water partition coefficient (Wildman–Crippen LogP) is 3.34. The number of carbonyl (C=O) groups excluding carboxylic acids is 2. The van der Waals surface area contributed by atoms with Crippen LogP contribution in [0.1, 0.15) is 37.3 Å². The summed E-state index contributed by atoms with van der Waals surface area (Å²) in [4.78, 5) is 30.1. The van der Waals surface area contributed by atoms with Crippen molar-refractivity contribution in [2.24, 2.45) is 5.41 Å². The molecule has 152 valence electrons. The molecule has 0 bridgehead atoms. The molecule has 3 fully saturated rings. The minimum Gasteiger partial charge on any atom is -0.312 e.